The van der Waals surface area contributed by atoms with E-state index in [4.69, 9.17) is 1.37 Å². The molecular formula is C7H9NO. The van der Waals surface area contributed by atoms with E-state index in [0.717, 1.165) is 0 Å². The van der Waals surface area contributed by atoms with E-state index < -0.39 is 0 Å². The number of ketones is 1. The third-order valence-electron chi connectivity index (χ3n) is 1.23. The van der Waals surface area contributed by atoms with E-state index in [9.17, 15) is 4.79 Å². The van der Waals surface area contributed by atoms with Crippen molar-refractivity contribution in [1.82, 2.24) is 4.57 Å². The molecular weight excluding hydrogens is 114 g/mol. The predicted molar refractivity (Wildman–Crippen MR) is 35.4 cm³/mol. The Labute approximate surface area is 55.5 Å². The first-order chi connectivity index (χ1) is 4.61. The molecule has 0 saturated heterocycles. The Morgan fingerprint density at radius 2 is 2.56 bits per heavy atom. The molecule has 0 aliphatic rings. The van der Waals surface area contributed by atoms with Crippen LogP contribution in [-0.2, 0) is 7.05 Å². The van der Waals surface area contributed by atoms with Gasteiger partial charge in [0.1, 0.15) is 0 Å². The van der Waals surface area contributed by atoms with E-state index in [1.165, 1.54) is 6.92 Å². The first-order valence-electron chi connectivity index (χ1n) is 3.25. The summed E-state index contributed by atoms with van der Waals surface area (Å²) in [6.45, 7) is 1.49. The lowest BCUT2D eigenvalue weighted by molar-refractivity contribution is 0.101. The van der Waals surface area contributed by atoms with Crippen LogP contribution in [0.25, 0.3) is 0 Å². The summed E-state index contributed by atoms with van der Waals surface area (Å²) in [5.74, 6) is 0.000926. The smallest absolute Gasteiger partial charge is 0.176 e. The van der Waals surface area contributed by atoms with Gasteiger partial charge in [0.15, 0.2) is 5.78 Å². The van der Waals surface area contributed by atoms with Gasteiger partial charge >= 0.3 is 0 Å². The van der Waals surface area contributed by atoms with Crippen molar-refractivity contribution >= 4 is 5.78 Å². The molecule has 9 heavy (non-hydrogen) atoms. The lowest BCUT2D eigenvalue weighted by atomic mass is 10.3. The summed E-state index contributed by atoms with van der Waals surface area (Å²) < 4.78 is 8.83. The van der Waals surface area contributed by atoms with Gasteiger partial charge in [0.25, 0.3) is 0 Å². The summed E-state index contributed by atoms with van der Waals surface area (Å²) in [5.41, 5.74) is 0.588. The molecule has 48 valence electrons. The minimum atomic E-state index is 0.000926. The zero-order valence-electron chi connectivity index (χ0n) is 6.51. The van der Waals surface area contributed by atoms with Crippen molar-refractivity contribution in [2.45, 2.75) is 6.92 Å². The van der Waals surface area contributed by atoms with E-state index >= 15 is 0 Å². The van der Waals surface area contributed by atoms with Gasteiger partial charge in [-0.1, -0.05) is 0 Å². The van der Waals surface area contributed by atoms with Gasteiger partial charge < -0.3 is 4.57 Å². The van der Waals surface area contributed by atoms with Crippen LogP contribution in [0.15, 0.2) is 18.3 Å². The van der Waals surface area contributed by atoms with Crippen LogP contribution in [0.5, 0.6) is 0 Å². The Morgan fingerprint density at radius 3 is 2.78 bits per heavy atom. The highest BCUT2D eigenvalue weighted by atomic mass is 16.1. The zero-order valence-corrected chi connectivity index (χ0v) is 5.51. The average Bonchev–Trinajstić information content (AvgIpc) is 2.10. The Hall–Kier alpha value is -1.05. The highest BCUT2D eigenvalue weighted by Gasteiger charge is 1.99. The number of hydrogen-bond donors (Lipinski definition) is 0. The van der Waals surface area contributed by atoms with Gasteiger partial charge in [-0.15, -0.1) is 0 Å². The summed E-state index contributed by atoms with van der Waals surface area (Å²) >= 11 is 0. The largest absolute Gasteiger partial charge is 0.348 e. The second-order valence-electron chi connectivity index (χ2n) is 1.99. The van der Waals surface area contributed by atoms with Gasteiger partial charge in [-0.2, -0.15) is 0 Å². The molecule has 0 N–H and O–H groups in total. The minimum absolute atomic E-state index is 0.000926. The molecule has 0 aliphatic carbocycles. The van der Waals surface area contributed by atoms with E-state index in [0.29, 0.717) is 11.7 Å². The summed E-state index contributed by atoms with van der Waals surface area (Å²) in [7, 11) is 1.76. The molecule has 2 nitrogen and oxygen atoms in total. The Balaban J connectivity index is 3.15. The highest BCUT2D eigenvalue weighted by Crippen LogP contribution is 1.98. The first-order valence-corrected chi connectivity index (χ1v) is 2.75. The molecule has 0 radical (unpaired) electrons. The van der Waals surface area contributed by atoms with Crippen LogP contribution in [0, 0.1) is 0 Å². The molecule has 0 bridgehead atoms. The molecule has 0 fully saturated rings. The number of carbonyl (C=O) groups excluding carboxylic acids is 1. The summed E-state index contributed by atoms with van der Waals surface area (Å²) in [5, 5.41) is 0. The van der Waals surface area contributed by atoms with Crippen LogP contribution >= 0.6 is 0 Å². The fraction of sp³-hybridized carbons (Fsp3) is 0.286. The molecule has 1 aromatic heterocycles. The van der Waals surface area contributed by atoms with Crippen molar-refractivity contribution in [3.8, 4) is 0 Å². The number of carbonyl (C=O) groups is 1. The summed E-state index contributed by atoms with van der Waals surface area (Å²) in [6.07, 6.45) is 1.61. The molecule has 1 rings (SSSR count). The number of nitrogens with zero attached hydrogens (tertiary/aromatic N) is 1. The van der Waals surface area contributed by atoms with Crippen LogP contribution in [-0.4, -0.2) is 10.4 Å². The lowest BCUT2D eigenvalue weighted by Crippen LogP contribution is -1.99. The maximum Gasteiger partial charge on any atom is 0.176 e. The zero-order chi connectivity index (χ0) is 7.72. The molecule has 0 aromatic carbocycles. The topological polar surface area (TPSA) is 22.0 Å². The van der Waals surface area contributed by atoms with Gasteiger partial charge in [-0.3, -0.25) is 4.79 Å². The van der Waals surface area contributed by atoms with Gasteiger partial charge in [0, 0.05) is 20.2 Å². The molecule has 0 unspecified atom stereocenters. The van der Waals surface area contributed by atoms with Crippen LogP contribution in [0.4, 0.5) is 0 Å². The van der Waals surface area contributed by atoms with E-state index in [1.807, 2.05) is 0 Å². The van der Waals surface area contributed by atoms with Crippen molar-refractivity contribution in [3.05, 3.63) is 24.0 Å². The minimum Gasteiger partial charge on any atom is -0.348 e. The average molecular weight is 124 g/mol. The van der Waals surface area contributed by atoms with Crippen LogP contribution in [0.3, 0.4) is 0 Å². The van der Waals surface area contributed by atoms with E-state index in [-0.39, 0.29) is 5.78 Å². The molecule has 0 aliphatic heterocycles. The van der Waals surface area contributed by atoms with Gasteiger partial charge in [0.05, 0.1) is 7.06 Å². The van der Waals surface area contributed by atoms with Crippen molar-refractivity contribution in [1.29, 1.82) is 0 Å². The molecule has 2 heteroatoms. The van der Waals surface area contributed by atoms with Gasteiger partial charge in [-0.25, -0.2) is 0 Å². The first kappa shape index (κ1) is 4.79. The van der Waals surface area contributed by atoms with Crippen molar-refractivity contribution in [2.24, 2.45) is 7.05 Å². The molecule has 0 saturated carbocycles. The fourth-order valence-electron chi connectivity index (χ4n) is 0.749. The standard InChI is InChI=1S/C7H9NO/c1-6(9)7-4-3-5-8(7)2/h3-5H,1-2H3/i3D. The lowest BCUT2D eigenvalue weighted by Gasteiger charge is -1.94. The van der Waals surface area contributed by atoms with Crippen molar-refractivity contribution in [2.75, 3.05) is 0 Å². The number of rotatable bonds is 1. The maximum absolute atomic E-state index is 10.8. The fourth-order valence-corrected chi connectivity index (χ4v) is 0.749. The third-order valence-corrected chi connectivity index (χ3v) is 1.23. The second kappa shape index (κ2) is 2.05. The molecule has 0 amide bonds. The molecule has 1 heterocycles. The monoisotopic (exact) mass is 124 g/mol. The van der Waals surface area contributed by atoms with Gasteiger partial charge in [0.2, 0.25) is 0 Å². The third kappa shape index (κ3) is 1.02. The number of Topliss-reactive ketones (excluding diaryl/α,β-unsaturated/α-hetero) is 1. The SMILES string of the molecule is [2H]c1cc(C(C)=O)n(C)c1. The van der Waals surface area contributed by atoms with Gasteiger partial charge in [-0.05, 0) is 12.1 Å². The highest BCUT2D eigenvalue weighted by molar-refractivity contribution is 5.92. The second-order valence-corrected chi connectivity index (χ2v) is 1.99. The van der Waals surface area contributed by atoms with Crippen molar-refractivity contribution < 1.29 is 6.17 Å². The Bertz CT molecular complexity index is 265. The van der Waals surface area contributed by atoms with Crippen LogP contribution in [0.1, 0.15) is 18.8 Å². The van der Waals surface area contributed by atoms with E-state index in [2.05, 4.69) is 0 Å². The number of aryl methyl sites for hydroxylation is 1. The summed E-state index contributed by atoms with van der Waals surface area (Å²) in [4.78, 5) is 10.8. The Morgan fingerprint density at radius 1 is 1.89 bits per heavy atom. The quantitative estimate of drug-likeness (QED) is 0.516. The normalized spacial score (nSPS) is 11.1. The van der Waals surface area contributed by atoms with E-state index in [1.54, 1.807) is 23.9 Å². The van der Waals surface area contributed by atoms with Crippen LogP contribution in [0.2, 0.25) is 0 Å². The number of aromatic nitrogens is 1. The van der Waals surface area contributed by atoms with Crippen LogP contribution < -0.4 is 0 Å². The van der Waals surface area contributed by atoms with Crippen molar-refractivity contribution in [3.63, 3.8) is 0 Å². The predicted octanol–water partition coefficient (Wildman–Crippen LogP) is 1.23. The molecule has 0 atom stereocenters. The molecule has 1 aromatic rings. The number of hydrogen-bond acceptors (Lipinski definition) is 1. The Kier molecular flexibility index (Phi) is 1.09. The maximum atomic E-state index is 10.8. The molecule has 0 spiro atoms. The summed E-state index contributed by atoms with van der Waals surface area (Å²) in [6, 6.07) is 1.94.